The molecular formula is C7H8O2. The van der Waals surface area contributed by atoms with Crippen molar-refractivity contribution in [3.63, 3.8) is 0 Å². The molecule has 0 aliphatic heterocycles. The molecule has 0 aromatic rings. The topological polar surface area (TPSA) is 37.3 Å². The molecule has 1 N–H and O–H groups in total. The van der Waals surface area contributed by atoms with E-state index < -0.39 is 0 Å². The van der Waals surface area contributed by atoms with E-state index >= 15 is 0 Å². The van der Waals surface area contributed by atoms with Gasteiger partial charge in [0.15, 0.2) is 5.78 Å². The molecule has 0 aromatic heterocycles. The second kappa shape index (κ2) is 3.66. The molecule has 0 spiro atoms. The van der Waals surface area contributed by atoms with E-state index in [1.807, 2.05) is 0 Å². The van der Waals surface area contributed by atoms with E-state index in [9.17, 15) is 4.79 Å². The van der Waals surface area contributed by atoms with Crippen molar-refractivity contribution in [2.24, 2.45) is 0 Å². The number of aliphatic hydroxyl groups is 1. The van der Waals surface area contributed by atoms with Crippen molar-refractivity contribution in [1.82, 2.24) is 0 Å². The van der Waals surface area contributed by atoms with Crippen LogP contribution in [0.3, 0.4) is 0 Å². The predicted octanol–water partition coefficient (Wildman–Crippen LogP) is 1.37. The van der Waals surface area contributed by atoms with E-state index in [0.29, 0.717) is 6.26 Å². The summed E-state index contributed by atoms with van der Waals surface area (Å²) in [5.74, 6) is -0.326. The molecule has 48 valence electrons. The van der Waals surface area contributed by atoms with Crippen LogP contribution < -0.4 is 0 Å². The first-order valence-corrected chi connectivity index (χ1v) is 2.39. The number of carbonyl (C=O) groups excluding carboxylic acids is 1. The zero-order chi connectivity index (χ0) is 7.28. The number of aliphatic hydroxyl groups excluding tert-OH is 1. The molecule has 0 fully saturated rings. The lowest BCUT2D eigenvalue weighted by Gasteiger charge is -1.88. The van der Waals surface area contributed by atoms with E-state index in [4.69, 9.17) is 5.11 Å². The smallest absolute Gasteiger partial charge is 0.188 e. The van der Waals surface area contributed by atoms with Gasteiger partial charge in [-0.25, -0.2) is 0 Å². The summed E-state index contributed by atoms with van der Waals surface area (Å²) < 4.78 is 0. The third-order valence-corrected chi connectivity index (χ3v) is 0.829. The summed E-state index contributed by atoms with van der Waals surface area (Å²) >= 11 is 0. The largest absolute Gasteiger partial charge is 0.515 e. The van der Waals surface area contributed by atoms with Gasteiger partial charge >= 0.3 is 0 Å². The summed E-state index contributed by atoms with van der Waals surface area (Å²) in [6.07, 6.45) is 3.09. The molecule has 0 rings (SSSR count). The van der Waals surface area contributed by atoms with E-state index in [-0.39, 0.29) is 11.4 Å². The molecule has 0 aliphatic rings. The fraction of sp³-hybridized carbons (Fsp3) is 0. The van der Waals surface area contributed by atoms with Crippen molar-refractivity contribution in [3.05, 3.63) is 37.1 Å². The summed E-state index contributed by atoms with van der Waals surface area (Å²) in [6, 6.07) is 0. The molecule has 0 amide bonds. The first-order valence-electron chi connectivity index (χ1n) is 2.39. The van der Waals surface area contributed by atoms with Crippen LogP contribution in [0.25, 0.3) is 0 Å². The number of hydrogen-bond donors (Lipinski definition) is 1. The number of carbonyl (C=O) groups is 1. The highest BCUT2D eigenvalue weighted by Gasteiger charge is 1.97. The number of allylic oxidation sites excluding steroid dienone is 3. The van der Waals surface area contributed by atoms with E-state index in [0.717, 1.165) is 6.08 Å². The average molecular weight is 124 g/mol. The van der Waals surface area contributed by atoms with Crippen molar-refractivity contribution in [1.29, 1.82) is 0 Å². The fourth-order valence-electron chi connectivity index (χ4n) is 0.335. The van der Waals surface area contributed by atoms with Crippen LogP contribution in [0.4, 0.5) is 0 Å². The standard InChI is InChI=1S/C7H8O2/c1-3-6(5-8)7(9)4-2/h3-5,8H,1-2H2. The molecule has 0 radical (unpaired) electrons. The van der Waals surface area contributed by atoms with Gasteiger partial charge in [-0.05, 0) is 6.08 Å². The second-order valence-electron chi connectivity index (χ2n) is 1.36. The van der Waals surface area contributed by atoms with Crippen LogP contribution in [0.1, 0.15) is 0 Å². The van der Waals surface area contributed by atoms with Crippen LogP contribution >= 0.6 is 0 Å². The van der Waals surface area contributed by atoms with Crippen LogP contribution in [0.2, 0.25) is 0 Å². The average Bonchev–Trinajstić information content (AvgIpc) is 1.90. The molecule has 0 bridgehead atoms. The van der Waals surface area contributed by atoms with Crippen molar-refractivity contribution in [2.75, 3.05) is 0 Å². The van der Waals surface area contributed by atoms with E-state index in [1.54, 1.807) is 0 Å². The maximum atomic E-state index is 10.6. The summed E-state index contributed by atoms with van der Waals surface area (Å²) in [5, 5.41) is 8.33. The summed E-state index contributed by atoms with van der Waals surface area (Å²) in [6.45, 7) is 6.53. The number of ketones is 1. The summed E-state index contributed by atoms with van der Waals surface area (Å²) in [4.78, 5) is 10.6. The lowest BCUT2D eigenvalue weighted by atomic mass is 10.2. The van der Waals surface area contributed by atoms with Gasteiger partial charge in [-0.3, -0.25) is 4.79 Å². The zero-order valence-electron chi connectivity index (χ0n) is 5.00. The van der Waals surface area contributed by atoms with Crippen molar-refractivity contribution in [3.8, 4) is 0 Å². The Morgan fingerprint density at radius 2 is 1.89 bits per heavy atom. The lowest BCUT2D eigenvalue weighted by Crippen LogP contribution is -1.93. The second-order valence-corrected chi connectivity index (χ2v) is 1.36. The minimum atomic E-state index is -0.326. The van der Waals surface area contributed by atoms with Gasteiger partial charge in [0, 0.05) is 0 Å². The number of hydrogen-bond acceptors (Lipinski definition) is 2. The van der Waals surface area contributed by atoms with Crippen LogP contribution in [-0.4, -0.2) is 10.9 Å². The minimum Gasteiger partial charge on any atom is -0.515 e. The first-order chi connectivity index (χ1) is 4.26. The summed E-state index contributed by atoms with van der Waals surface area (Å²) in [7, 11) is 0. The molecule has 0 aliphatic carbocycles. The van der Waals surface area contributed by atoms with Crippen molar-refractivity contribution in [2.45, 2.75) is 0 Å². The highest BCUT2D eigenvalue weighted by atomic mass is 16.2. The predicted molar refractivity (Wildman–Crippen MR) is 36.1 cm³/mol. The van der Waals surface area contributed by atoms with Gasteiger partial charge in [-0.1, -0.05) is 19.2 Å². The van der Waals surface area contributed by atoms with Crippen LogP contribution in [-0.2, 0) is 4.79 Å². The van der Waals surface area contributed by atoms with Gasteiger partial charge in [0.2, 0.25) is 0 Å². The fourth-order valence-corrected chi connectivity index (χ4v) is 0.335. The Bertz CT molecular complexity index is 166. The highest BCUT2D eigenvalue weighted by Crippen LogP contribution is 1.95. The van der Waals surface area contributed by atoms with Crippen molar-refractivity contribution >= 4 is 5.78 Å². The molecular weight excluding hydrogens is 116 g/mol. The maximum Gasteiger partial charge on any atom is 0.188 e. The van der Waals surface area contributed by atoms with Crippen molar-refractivity contribution < 1.29 is 9.90 Å². The molecule has 0 saturated carbocycles. The Balaban J connectivity index is 4.31. The third-order valence-electron chi connectivity index (χ3n) is 0.829. The van der Waals surface area contributed by atoms with Crippen LogP contribution in [0, 0.1) is 0 Å². The minimum absolute atomic E-state index is 0.157. The van der Waals surface area contributed by atoms with Gasteiger partial charge in [-0.15, -0.1) is 0 Å². The van der Waals surface area contributed by atoms with Gasteiger partial charge in [-0.2, -0.15) is 0 Å². The number of rotatable bonds is 3. The van der Waals surface area contributed by atoms with E-state index in [2.05, 4.69) is 13.2 Å². The van der Waals surface area contributed by atoms with Crippen LogP contribution in [0.5, 0.6) is 0 Å². The Hall–Kier alpha value is -1.31. The molecule has 0 unspecified atom stereocenters. The molecule has 0 saturated heterocycles. The quantitative estimate of drug-likeness (QED) is 0.350. The molecule has 0 aromatic carbocycles. The maximum absolute atomic E-state index is 10.6. The normalized spacial score (nSPS) is 10.4. The van der Waals surface area contributed by atoms with E-state index in [1.165, 1.54) is 6.08 Å². The Morgan fingerprint density at radius 1 is 1.33 bits per heavy atom. The Morgan fingerprint density at radius 3 is 2.00 bits per heavy atom. The molecule has 9 heavy (non-hydrogen) atoms. The van der Waals surface area contributed by atoms with Gasteiger partial charge in [0.25, 0.3) is 0 Å². The molecule has 2 nitrogen and oxygen atoms in total. The monoisotopic (exact) mass is 124 g/mol. The highest BCUT2D eigenvalue weighted by molar-refractivity contribution is 6.05. The van der Waals surface area contributed by atoms with Crippen LogP contribution in [0.15, 0.2) is 37.1 Å². The molecule has 0 heterocycles. The van der Waals surface area contributed by atoms with Gasteiger partial charge < -0.3 is 5.11 Å². The Labute approximate surface area is 53.8 Å². The lowest BCUT2D eigenvalue weighted by molar-refractivity contribution is -0.111. The first kappa shape index (κ1) is 7.69. The van der Waals surface area contributed by atoms with Gasteiger partial charge in [0.1, 0.15) is 0 Å². The molecule has 2 heteroatoms. The zero-order valence-corrected chi connectivity index (χ0v) is 5.00. The molecule has 0 atom stereocenters. The summed E-state index contributed by atoms with van der Waals surface area (Å²) in [5.41, 5.74) is 0.157. The Kier molecular flexibility index (Phi) is 3.13. The van der Waals surface area contributed by atoms with Gasteiger partial charge in [0.05, 0.1) is 11.8 Å². The third kappa shape index (κ3) is 1.95. The SMILES string of the molecule is C=CC(=O)C(C=C)=CO.